The van der Waals surface area contributed by atoms with Gasteiger partial charge in [-0.05, 0) is 55.0 Å². The first-order valence-electron chi connectivity index (χ1n) is 8.30. The van der Waals surface area contributed by atoms with E-state index in [9.17, 15) is 8.42 Å². The van der Waals surface area contributed by atoms with E-state index in [4.69, 9.17) is 20.5 Å². The summed E-state index contributed by atoms with van der Waals surface area (Å²) in [6, 6.07) is 7.28. The van der Waals surface area contributed by atoms with E-state index in [1.54, 1.807) is 12.1 Å². The molecule has 0 amide bonds. The summed E-state index contributed by atoms with van der Waals surface area (Å²) in [5, 5.41) is 0.653. The van der Waals surface area contributed by atoms with Gasteiger partial charge in [0.1, 0.15) is 5.75 Å². The van der Waals surface area contributed by atoms with Gasteiger partial charge in [0.05, 0.1) is 18.6 Å². The fraction of sp³-hybridized carbons (Fsp3) is 0.368. The molecule has 0 spiro atoms. The third kappa shape index (κ3) is 2.65. The predicted molar refractivity (Wildman–Crippen MR) is 96.2 cm³/mol. The molecule has 2 aromatic rings. The largest absolute Gasteiger partial charge is 0.492 e. The van der Waals surface area contributed by atoms with Crippen molar-refractivity contribution in [2.24, 2.45) is 0 Å². The lowest BCUT2D eigenvalue weighted by molar-refractivity contribution is 0.338. The van der Waals surface area contributed by atoms with Crippen LogP contribution in [-0.2, 0) is 27.1 Å². The van der Waals surface area contributed by atoms with Gasteiger partial charge in [0, 0.05) is 16.5 Å². The molecule has 2 aliphatic rings. The molecule has 0 N–H and O–H groups in total. The van der Waals surface area contributed by atoms with Crippen molar-refractivity contribution in [1.29, 1.82) is 0 Å². The van der Waals surface area contributed by atoms with Crippen molar-refractivity contribution in [1.82, 2.24) is 0 Å². The maximum Gasteiger partial charge on any atom is 0.297 e. The molecule has 1 heterocycles. The van der Waals surface area contributed by atoms with E-state index >= 15 is 0 Å². The average Bonchev–Trinajstić information content (AvgIpc) is 3.20. The van der Waals surface area contributed by atoms with Crippen LogP contribution in [0, 0.1) is 6.92 Å². The van der Waals surface area contributed by atoms with Crippen LogP contribution in [0.2, 0.25) is 5.02 Å². The van der Waals surface area contributed by atoms with Gasteiger partial charge in [-0.2, -0.15) is 8.42 Å². The van der Waals surface area contributed by atoms with Crippen LogP contribution in [0.15, 0.2) is 29.2 Å². The normalized spacial score (nSPS) is 18.8. The first kappa shape index (κ1) is 16.9. The van der Waals surface area contributed by atoms with Crippen LogP contribution in [-0.4, -0.2) is 22.1 Å². The molecule has 0 bridgehead atoms. The Balaban J connectivity index is 1.92. The topological polar surface area (TPSA) is 52.6 Å². The molecule has 4 nitrogen and oxygen atoms in total. The molecule has 1 aliphatic heterocycles. The molecule has 1 unspecified atom stereocenters. The van der Waals surface area contributed by atoms with Gasteiger partial charge in [-0.1, -0.05) is 29.3 Å². The van der Waals surface area contributed by atoms with Gasteiger partial charge in [0.25, 0.3) is 10.1 Å². The van der Waals surface area contributed by atoms with Crippen LogP contribution >= 0.6 is 11.6 Å². The van der Waals surface area contributed by atoms with Gasteiger partial charge in [-0.25, -0.2) is 0 Å². The standard InChI is InChI=1S/C19H19ClO4S/c1-11-6-7-17(25(21,22)23-2)14(8-11)15-10-24-19-13-5-3-4-12(13)9-16(20)18(15)19/h6-9,15H,3-5,10H2,1-2H3. The quantitative estimate of drug-likeness (QED) is 0.757. The minimum atomic E-state index is -3.81. The van der Waals surface area contributed by atoms with Crippen molar-refractivity contribution >= 4 is 21.7 Å². The van der Waals surface area contributed by atoms with Gasteiger partial charge in [0.15, 0.2) is 0 Å². The molecule has 0 fully saturated rings. The molecular formula is C19H19ClO4S. The Labute approximate surface area is 152 Å². The SMILES string of the molecule is COS(=O)(=O)c1ccc(C)cc1C1COc2c3c(cc(Cl)c21)CCC3. The Morgan fingerprint density at radius 2 is 2.04 bits per heavy atom. The first-order valence-corrected chi connectivity index (χ1v) is 10.1. The molecule has 4 rings (SSSR count). The Morgan fingerprint density at radius 3 is 2.80 bits per heavy atom. The number of hydrogen-bond acceptors (Lipinski definition) is 4. The fourth-order valence-corrected chi connectivity index (χ4v) is 5.18. The Morgan fingerprint density at radius 1 is 1.24 bits per heavy atom. The number of rotatable bonds is 3. The number of aryl methyl sites for hydroxylation is 2. The molecule has 0 saturated carbocycles. The van der Waals surface area contributed by atoms with E-state index in [1.165, 1.54) is 18.2 Å². The smallest absolute Gasteiger partial charge is 0.297 e. The molecule has 1 atom stereocenters. The lowest BCUT2D eigenvalue weighted by atomic mass is 9.90. The zero-order valence-electron chi connectivity index (χ0n) is 14.1. The highest BCUT2D eigenvalue weighted by atomic mass is 35.5. The summed E-state index contributed by atoms with van der Waals surface area (Å²) in [5.74, 6) is 0.639. The summed E-state index contributed by atoms with van der Waals surface area (Å²) in [4.78, 5) is 0.179. The Bertz CT molecular complexity index is 966. The highest BCUT2D eigenvalue weighted by molar-refractivity contribution is 7.86. The summed E-state index contributed by atoms with van der Waals surface area (Å²) in [7, 11) is -2.63. The number of fused-ring (bicyclic) bond motifs is 3. The summed E-state index contributed by atoms with van der Waals surface area (Å²) in [5.41, 5.74) is 5.04. The van der Waals surface area contributed by atoms with Gasteiger partial charge in [0.2, 0.25) is 0 Å². The summed E-state index contributed by atoms with van der Waals surface area (Å²) >= 11 is 6.58. The van der Waals surface area contributed by atoms with Gasteiger partial charge in [-0.3, -0.25) is 4.18 Å². The van der Waals surface area contributed by atoms with Crippen LogP contribution in [0.25, 0.3) is 0 Å². The zero-order chi connectivity index (χ0) is 17.8. The van der Waals surface area contributed by atoms with Crippen molar-refractivity contribution in [2.75, 3.05) is 13.7 Å². The zero-order valence-corrected chi connectivity index (χ0v) is 15.7. The van der Waals surface area contributed by atoms with E-state index < -0.39 is 10.1 Å². The number of hydrogen-bond donors (Lipinski definition) is 0. The van der Waals surface area contributed by atoms with Crippen molar-refractivity contribution in [3.8, 4) is 5.75 Å². The number of ether oxygens (including phenoxy) is 1. The van der Waals surface area contributed by atoms with Gasteiger partial charge < -0.3 is 4.74 Å². The fourth-order valence-electron chi connectivity index (χ4n) is 3.93. The first-order chi connectivity index (χ1) is 11.9. The summed E-state index contributed by atoms with van der Waals surface area (Å²) in [6.45, 7) is 2.33. The molecule has 0 radical (unpaired) electrons. The average molecular weight is 379 g/mol. The van der Waals surface area contributed by atoms with Gasteiger partial charge in [-0.15, -0.1) is 0 Å². The van der Waals surface area contributed by atoms with Crippen molar-refractivity contribution < 1.29 is 17.3 Å². The second kappa shape index (κ2) is 6.01. The van der Waals surface area contributed by atoms with Crippen LogP contribution in [0.3, 0.4) is 0 Å². The highest BCUT2D eigenvalue weighted by Gasteiger charge is 2.36. The monoisotopic (exact) mass is 378 g/mol. The molecule has 0 aromatic heterocycles. The lowest BCUT2D eigenvalue weighted by Gasteiger charge is -2.17. The predicted octanol–water partition coefficient (Wildman–Crippen LogP) is 4.00. The third-order valence-corrected chi connectivity index (χ3v) is 6.77. The maximum atomic E-state index is 12.4. The molecule has 132 valence electrons. The molecule has 6 heteroatoms. The second-order valence-electron chi connectivity index (χ2n) is 6.62. The van der Waals surface area contributed by atoms with E-state index in [0.29, 0.717) is 17.2 Å². The lowest BCUT2D eigenvalue weighted by Crippen LogP contribution is -2.12. The maximum absolute atomic E-state index is 12.4. The van der Waals surface area contributed by atoms with E-state index in [2.05, 4.69) is 0 Å². The highest BCUT2D eigenvalue weighted by Crippen LogP contribution is 2.49. The van der Waals surface area contributed by atoms with Crippen LogP contribution < -0.4 is 4.74 Å². The van der Waals surface area contributed by atoms with Crippen molar-refractivity contribution in [3.63, 3.8) is 0 Å². The minimum Gasteiger partial charge on any atom is -0.492 e. The minimum absolute atomic E-state index is 0.179. The van der Waals surface area contributed by atoms with Crippen LogP contribution in [0.5, 0.6) is 5.75 Å². The summed E-state index contributed by atoms with van der Waals surface area (Å²) in [6.07, 6.45) is 3.10. The number of halogens is 1. The Kier molecular flexibility index (Phi) is 4.06. The Hall–Kier alpha value is -1.56. The molecule has 1 aliphatic carbocycles. The van der Waals surface area contributed by atoms with Crippen LogP contribution in [0.1, 0.15) is 40.2 Å². The second-order valence-corrected chi connectivity index (χ2v) is 8.71. The molecule has 25 heavy (non-hydrogen) atoms. The van der Waals surface area contributed by atoms with E-state index in [0.717, 1.165) is 36.1 Å². The summed E-state index contributed by atoms with van der Waals surface area (Å²) < 4.78 is 35.5. The van der Waals surface area contributed by atoms with Crippen molar-refractivity contribution in [3.05, 3.63) is 57.1 Å². The molecule has 2 aromatic carbocycles. The van der Waals surface area contributed by atoms with Gasteiger partial charge >= 0.3 is 0 Å². The van der Waals surface area contributed by atoms with E-state index in [-0.39, 0.29) is 10.8 Å². The number of benzene rings is 2. The third-order valence-electron chi connectivity index (χ3n) is 5.11. The van der Waals surface area contributed by atoms with Crippen molar-refractivity contribution in [2.45, 2.75) is 37.0 Å². The van der Waals surface area contributed by atoms with E-state index in [1.807, 2.05) is 19.1 Å². The van der Waals surface area contributed by atoms with Crippen LogP contribution in [0.4, 0.5) is 0 Å². The molecule has 0 saturated heterocycles. The molecular weight excluding hydrogens is 360 g/mol.